The zero-order chi connectivity index (χ0) is 31.3. The lowest BCUT2D eigenvalue weighted by Crippen LogP contribution is -2.31. The van der Waals surface area contributed by atoms with Crippen molar-refractivity contribution in [2.24, 2.45) is 0 Å². The van der Waals surface area contributed by atoms with Gasteiger partial charge in [-0.1, -0.05) is 104 Å². The fraction of sp³-hybridized carbons (Fsp3) is 0.912. The maximum Gasteiger partial charge on any atom is 0.305 e. The van der Waals surface area contributed by atoms with Crippen molar-refractivity contribution >= 4 is 17.9 Å². The molecule has 3 unspecified atom stereocenters. The maximum absolute atomic E-state index is 11.9. The molecule has 3 atom stereocenters. The molecule has 8 heteroatoms. The molecular weight excluding hydrogens is 536 g/mol. The third kappa shape index (κ3) is 24.9. The highest BCUT2D eigenvalue weighted by Crippen LogP contribution is 2.18. The molecule has 0 saturated carbocycles. The Bertz CT molecular complexity index is 653. The van der Waals surface area contributed by atoms with Gasteiger partial charge < -0.3 is 24.4 Å². The number of hydrogen-bond donors (Lipinski definition) is 2. The first kappa shape index (κ1) is 40.3. The van der Waals surface area contributed by atoms with Crippen molar-refractivity contribution in [1.29, 1.82) is 0 Å². The fourth-order valence-corrected chi connectivity index (χ4v) is 4.94. The molecule has 0 aliphatic rings. The van der Waals surface area contributed by atoms with Gasteiger partial charge in [0.2, 0.25) is 0 Å². The van der Waals surface area contributed by atoms with E-state index < -0.39 is 12.2 Å². The Morgan fingerprint density at radius 1 is 0.571 bits per heavy atom. The highest BCUT2D eigenvalue weighted by atomic mass is 16.6. The first-order valence-corrected chi connectivity index (χ1v) is 17.2. The Hall–Kier alpha value is -1.67. The van der Waals surface area contributed by atoms with E-state index in [1.54, 1.807) is 13.8 Å². The normalized spacial score (nSPS) is 13.4. The van der Waals surface area contributed by atoms with Crippen molar-refractivity contribution in [2.75, 3.05) is 13.2 Å². The quantitative estimate of drug-likeness (QED) is 0.0488. The third-order valence-electron chi connectivity index (χ3n) is 7.70. The number of esters is 3. The molecule has 0 aromatic carbocycles. The van der Waals surface area contributed by atoms with Gasteiger partial charge in [-0.3, -0.25) is 14.4 Å². The summed E-state index contributed by atoms with van der Waals surface area (Å²) < 4.78 is 16.1. The summed E-state index contributed by atoms with van der Waals surface area (Å²) in [6, 6.07) is 0. The molecule has 248 valence electrons. The Kier molecular flexibility index (Phi) is 28.2. The molecule has 0 aliphatic carbocycles. The van der Waals surface area contributed by atoms with E-state index in [0.717, 1.165) is 89.9 Å². The smallest absolute Gasteiger partial charge is 0.305 e. The van der Waals surface area contributed by atoms with Gasteiger partial charge in [-0.25, -0.2) is 0 Å². The molecule has 0 aliphatic heterocycles. The summed E-state index contributed by atoms with van der Waals surface area (Å²) in [5.74, 6) is -0.640. The minimum absolute atomic E-state index is 0.130. The number of aliphatic hydroxyl groups is 2. The molecule has 8 nitrogen and oxygen atoms in total. The van der Waals surface area contributed by atoms with E-state index in [9.17, 15) is 24.6 Å². The van der Waals surface area contributed by atoms with Gasteiger partial charge in [-0.15, -0.1) is 0 Å². The average Bonchev–Trinajstić information content (AvgIpc) is 2.99. The summed E-state index contributed by atoms with van der Waals surface area (Å²) >= 11 is 0. The number of rotatable bonds is 30. The Labute approximate surface area is 256 Å². The van der Waals surface area contributed by atoms with Crippen LogP contribution in [0.1, 0.15) is 168 Å². The number of ether oxygens (including phenoxy) is 3. The van der Waals surface area contributed by atoms with E-state index in [1.165, 1.54) is 25.7 Å². The molecule has 0 amide bonds. The second-order valence-corrected chi connectivity index (χ2v) is 11.6. The molecule has 2 N–H and O–H groups in total. The SMILES string of the molecule is CCCCCCCCC(OC(=O)CC)C(O)CCCCCCCCOC(=O)CCCCCCCC(CO)OC(=O)CC. The second kappa shape index (κ2) is 29.4. The molecule has 0 rings (SSSR count). The summed E-state index contributed by atoms with van der Waals surface area (Å²) in [5, 5.41) is 19.9. The highest BCUT2D eigenvalue weighted by molar-refractivity contribution is 5.69. The van der Waals surface area contributed by atoms with Crippen LogP contribution in [0.25, 0.3) is 0 Å². The van der Waals surface area contributed by atoms with Crippen LogP contribution >= 0.6 is 0 Å². The summed E-state index contributed by atoms with van der Waals surface area (Å²) in [6.07, 6.45) is 19.5. The molecule has 0 aromatic rings. The average molecular weight is 601 g/mol. The molecule has 0 radical (unpaired) electrons. The van der Waals surface area contributed by atoms with Crippen molar-refractivity contribution in [2.45, 2.75) is 187 Å². The first-order chi connectivity index (χ1) is 20.4. The van der Waals surface area contributed by atoms with Gasteiger partial charge in [-0.05, 0) is 44.9 Å². The number of aliphatic hydroxyl groups excluding tert-OH is 2. The first-order valence-electron chi connectivity index (χ1n) is 17.2. The molecule has 0 fully saturated rings. The van der Waals surface area contributed by atoms with E-state index in [4.69, 9.17) is 14.2 Å². The van der Waals surface area contributed by atoms with Crippen molar-refractivity contribution in [3.8, 4) is 0 Å². The van der Waals surface area contributed by atoms with Gasteiger partial charge in [0, 0.05) is 19.3 Å². The van der Waals surface area contributed by atoms with Crippen molar-refractivity contribution < 1.29 is 38.8 Å². The monoisotopic (exact) mass is 600 g/mol. The summed E-state index contributed by atoms with van der Waals surface area (Å²) in [4.78, 5) is 35.1. The van der Waals surface area contributed by atoms with Crippen LogP contribution in [-0.4, -0.2) is 59.6 Å². The zero-order valence-corrected chi connectivity index (χ0v) is 27.3. The molecule has 0 saturated heterocycles. The van der Waals surface area contributed by atoms with Crippen LogP contribution in [0.3, 0.4) is 0 Å². The molecule has 0 aromatic heterocycles. The fourth-order valence-electron chi connectivity index (χ4n) is 4.94. The number of carbonyl (C=O) groups excluding carboxylic acids is 3. The highest BCUT2D eigenvalue weighted by Gasteiger charge is 2.22. The zero-order valence-electron chi connectivity index (χ0n) is 27.3. The minimum atomic E-state index is -0.591. The van der Waals surface area contributed by atoms with Crippen LogP contribution in [-0.2, 0) is 28.6 Å². The van der Waals surface area contributed by atoms with Gasteiger partial charge >= 0.3 is 17.9 Å². The second-order valence-electron chi connectivity index (χ2n) is 11.6. The lowest BCUT2D eigenvalue weighted by atomic mass is 9.99. The molecule has 42 heavy (non-hydrogen) atoms. The van der Waals surface area contributed by atoms with Crippen LogP contribution in [0.2, 0.25) is 0 Å². The summed E-state index contributed by atoms with van der Waals surface area (Å²) in [7, 11) is 0. The van der Waals surface area contributed by atoms with Crippen molar-refractivity contribution in [3.63, 3.8) is 0 Å². The predicted molar refractivity (Wildman–Crippen MR) is 167 cm³/mol. The lowest BCUT2D eigenvalue weighted by Gasteiger charge is -2.23. The van der Waals surface area contributed by atoms with Crippen LogP contribution in [0.5, 0.6) is 0 Å². The third-order valence-corrected chi connectivity index (χ3v) is 7.70. The topological polar surface area (TPSA) is 119 Å². The molecular formula is C34H64O8. The molecule has 0 bridgehead atoms. The maximum atomic E-state index is 11.9. The van der Waals surface area contributed by atoms with Crippen LogP contribution < -0.4 is 0 Å². The van der Waals surface area contributed by atoms with Crippen LogP contribution in [0, 0.1) is 0 Å². The molecule has 0 spiro atoms. The molecule has 0 heterocycles. The number of unbranched alkanes of at least 4 members (excludes halogenated alkanes) is 14. The van der Waals surface area contributed by atoms with Crippen molar-refractivity contribution in [3.05, 3.63) is 0 Å². The van der Waals surface area contributed by atoms with Crippen molar-refractivity contribution in [1.82, 2.24) is 0 Å². The van der Waals surface area contributed by atoms with E-state index in [-0.39, 0.29) is 30.6 Å². The van der Waals surface area contributed by atoms with Crippen LogP contribution in [0.4, 0.5) is 0 Å². The number of hydrogen-bond acceptors (Lipinski definition) is 8. The Morgan fingerprint density at radius 3 is 1.67 bits per heavy atom. The largest absolute Gasteiger partial charge is 0.466 e. The van der Waals surface area contributed by atoms with E-state index in [2.05, 4.69) is 6.92 Å². The van der Waals surface area contributed by atoms with Gasteiger partial charge in [0.05, 0.1) is 19.3 Å². The van der Waals surface area contributed by atoms with Gasteiger partial charge in [-0.2, -0.15) is 0 Å². The van der Waals surface area contributed by atoms with Gasteiger partial charge in [0.1, 0.15) is 12.2 Å². The summed E-state index contributed by atoms with van der Waals surface area (Å²) in [5.41, 5.74) is 0. The standard InChI is InChI=1S/C34H64O8/c1-4-7-8-9-15-20-25-31(42-33(38)6-3)30(36)24-19-14-10-11-17-22-27-40-34(39)26-21-16-12-13-18-23-29(28-35)41-32(37)5-2/h29-31,35-36H,4-28H2,1-3H3. The number of carbonyl (C=O) groups is 3. The lowest BCUT2D eigenvalue weighted by molar-refractivity contribution is -0.155. The summed E-state index contributed by atoms with van der Waals surface area (Å²) in [6.45, 7) is 6.06. The van der Waals surface area contributed by atoms with Gasteiger partial charge in [0.25, 0.3) is 0 Å². The Balaban J connectivity index is 3.75. The Morgan fingerprint density at radius 2 is 1.07 bits per heavy atom. The predicted octanol–water partition coefficient (Wildman–Crippen LogP) is 7.74. The van der Waals surface area contributed by atoms with E-state index >= 15 is 0 Å². The van der Waals surface area contributed by atoms with E-state index in [0.29, 0.717) is 38.7 Å². The minimum Gasteiger partial charge on any atom is -0.466 e. The van der Waals surface area contributed by atoms with E-state index in [1.807, 2.05) is 0 Å². The van der Waals surface area contributed by atoms with Gasteiger partial charge in [0.15, 0.2) is 0 Å². The van der Waals surface area contributed by atoms with Crippen LogP contribution in [0.15, 0.2) is 0 Å².